The third kappa shape index (κ3) is 6.72. The minimum absolute atomic E-state index is 0. The predicted molar refractivity (Wildman–Crippen MR) is 187 cm³/mol. The minimum atomic E-state index is -2.09. The van der Waals surface area contributed by atoms with Crippen LogP contribution in [-0.2, 0) is 20.1 Å². The number of aromatic nitrogens is 3. The van der Waals surface area contributed by atoms with Crippen LogP contribution in [0.4, 0.5) is 0 Å². The Morgan fingerprint density at radius 3 is 2.22 bits per heavy atom. The maximum Gasteiger partial charge on any atom is 0.0774 e. The van der Waals surface area contributed by atoms with Crippen LogP contribution in [0.5, 0.6) is 0 Å². The normalized spacial score (nSPS) is 12.4. The Bertz CT molecular complexity index is 2120. The summed E-state index contributed by atoms with van der Waals surface area (Å²) in [6.45, 7) is 9.15. The number of rotatable bonds is 5. The molecule has 3 aromatic heterocycles. The van der Waals surface area contributed by atoms with Gasteiger partial charge in [-0.3, -0.25) is 16.3 Å². The molecule has 45 heavy (non-hydrogen) atoms. The molecular weight excluding hydrogens is 747 g/mol. The van der Waals surface area contributed by atoms with Crippen LogP contribution in [0.15, 0.2) is 103 Å². The van der Waals surface area contributed by atoms with Crippen molar-refractivity contribution in [3.8, 4) is 28.3 Å². The molecule has 0 unspecified atom stereocenters. The van der Waals surface area contributed by atoms with Gasteiger partial charge in [0.05, 0.1) is 16.9 Å². The molecule has 0 aliphatic carbocycles. The van der Waals surface area contributed by atoms with Crippen molar-refractivity contribution < 1.29 is 24.2 Å². The van der Waals surface area contributed by atoms with Gasteiger partial charge in [0.2, 0.25) is 0 Å². The van der Waals surface area contributed by atoms with Gasteiger partial charge in [0.25, 0.3) is 0 Å². The zero-order chi connectivity index (χ0) is 33.3. The van der Waals surface area contributed by atoms with Crippen molar-refractivity contribution in [3.05, 3.63) is 137 Å². The molecule has 5 heteroatoms. The van der Waals surface area contributed by atoms with Gasteiger partial charge in [0, 0.05) is 36.1 Å². The summed E-state index contributed by atoms with van der Waals surface area (Å²) in [4.78, 5) is 9.27. The van der Waals surface area contributed by atoms with Gasteiger partial charge in [-0.05, 0) is 60.1 Å². The molecular formula is C40H37IrN3S-2. The van der Waals surface area contributed by atoms with E-state index in [2.05, 4.69) is 116 Å². The number of benzene rings is 4. The van der Waals surface area contributed by atoms with Crippen molar-refractivity contribution in [2.24, 2.45) is 0 Å². The van der Waals surface area contributed by atoms with E-state index in [1.165, 1.54) is 38.7 Å². The molecule has 0 bridgehead atoms. The first-order chi connectivity index (χ1) is 22.5. The zero-order valence-corrected chi connectivity index (χ0v) is 29.3. The Kier molecular flexibility index (Phi) is 8.91. The summed E-state index contributed by atoms with van der Waals surface area (Å²) in [6, 6.07) is 35.6. The van der Waals surface area contributed by atoms with E-state index in [4.69, 9.17) is 9.10 Å². The van der Waals surface area contributed by atoms with E-state index in [0.29, 0.717) is 11.8 Å². The van der Waals surface area contributed by atoms with Crippen LogP contribution in [0.25, 0.3) is 49.5 Å². The van der Waals surface area contributed by atoms with Gasteiger partial charge in [0.15, 0.2) is 0 Å². The number of pyridine rings is 1. The fourth-order valence-corrected chi connectivity index (χ4v) is 6.48. The molecule has 1 radical (unpaired) electrons. The van der Waals surface area contributed by atoms with Crippen LogP contribution in [0.3, 0.4) is 0 Å². The number of hydrogen-bond acceptors (Lipinski definition) is 3. The van der Waals surface area contributed by atoms with Crippen LogP contribution in [0, 0.1) is 25.2 Å². The summed E-state index contributed by atoms with van der Waals surface area (Å²) in [6.07, 6.45) is 1.39. The quantitative estimate of drug-likeness (QED) is 0.163. The average Bonchev–Trinajstić information content (AvgIpc) is 3.65. The molecule has 0 amide bonds. The molecule has 0 saturated carbocycles. The fourth-order valence-electron chi connectivity index (χ4n) is 5.54. The summed E-state index contributed by atoms with van der Waals surface area (Å²) in [7, 11) is 0. The van der Waals surface area contributed by atoms with Crippen LogP contribution in [-0.4, -0.2) is 14.5 Å². The van der Waals surface area contributed by atoms with Gasteiger partial charge in [-0.15, -0.1) is 47.3 Å². The minimum Gasteiger partial charge on any atom is -0.333 e. The number of thiophene rings is 1. The summed E-state index contributed by atoms with van der Waals surface area (Å²) in [5, 5.41) is 4.81. The van der Waals surface area contributed by atoms with E-state index in [0.717, 1.165) is 33.7 Å². The summed E-state index contributed by atoms with van der Waals surface area (Å²) < 4.78 is 25.3. The van der Waals surface area contributed by atoms with Crippen molar-refractivity contribution >= 4 is 32.5 Å². The Balaban J connectivity index is 0.000000224. The number of nitrogens with zero attached hydrogens (tertiary/aromatic N) is 3. The maximum absolute atomic E-state index is 7.23. The maximum atomic E-state index is 7.23. The Labute approximate surface area is 288 Å². The summed E-state index contributed by atoms with van der Waals surface area (Å²) in [5.41, 5.74) is 10.4. The smallest absolute Gasteiger partial charge is 0.0774 e. The van der Waals surface area contributed by atoms with Crippen molar-refractivity contribution in [2.75, 3.05) is 0 Å². The third-order valence-electron chi connectivity index (χ3n) is 7.77. The van der Waals surface area contributed by atoms with Gasteiger partial charge in [0.1, 0.15) is 0 Å². The molecule has 3 heterocycles. The van der Waals surface area contributed by atoms with E-state index in [9.17, 15) is 0 Å². The standard InChI is InChI=1S/C28H27N2S.C12H10N.Ir/c1-17(2)20-9-8-10-21(18(3)4)27(20)30-25-12-7-6-11-24(25)29-28(30)23-16-31-26-15-19(5)13-14-22(23)26;1-10-7-8-12(13-9-10)11-5-3-2-4-6-11;/h6-15,17-18H,1-5H3;2-5,7-9H,1H3;/q2*-1;/i;1D3;. The second-order valence-corrected chi connectivity index (χ2v) is 12.5. The van der Waals surface area contributed by atoms with Crippen molar-refractivity contribution in [1.29, 1.82) is 0 Å². The van der Waals surface area contributed by atoms with E-state index in [1.54, 1.807) is 29.5 Å². The van der Waals surface area contributed by atoms with Gasteiger partial charge in [-0.1, -0.05) is 103 Å². The zero-order valence-electron chi connectivity index (χ0n) is 29.1. The van der Waals surface area contributed by atoms with Crippen molar-refractivity contribution in [1.82, 2.24) is 14.5 Å². The summed E-state index contributed by atoms with van der Waals surface area (Å²) >= 11 is 1.68. The number of para-hydroxylation sites is 3. The SMILES string of the molecule is Cc1ccc2c(-c3nc4ccccc4n3-c3c(C(C)C)cccc3C(C)C)[c-]sc2c1.[2H]C([2H])([2H])c1ccc(-c2[c-]cccc2)nc1.[Ir]. The number of hydrogen-bond donors (Lipinski definition) is 0. The Morgan fingerprint density at radius 2 is 1.56 bits per heavy atom. The number of aryl methyl sites for hydroxylation is 2. The Hall–Kier alpha value is -3.89. The van der Waals surface area contributed by atoms with Crippen LogP contribution < -0.4 is 0 Å². The molecule has 7 aromatic rings. The van der Waals surface area contributed by atoms with Gasteiger partial charge in [-0.2, -0.15) is 0 Å². The Morgan fingerprint density at radius 1 is 0.822 bits per heavy atom. The second kappa shape index (κ2) is 14.0. The molecule has 0 aliphatic rings. The first-order valence-electron chi connectivity index (χ1n) is 16.5. The molecule has 0 N–H and O–H groups in total. The number of imidazole rings is 1. The predicted octanol–water partition coefficient (Wildman–Crippen LogP) is 11.1. The van der Waals surface area contributed by atoms with E-state index in [1.807, 2.05) is 18.2 Å². The topological polar surface area (TPSA) is 30.7 Å². The van der Waals surface area contributed by atoms with Crippen molar-refractivity contribution in [3.63, 3.8) is 0 Å². The first-order valence-corrected chi connectivity index (χ1v) is 15.8. The van der Waals surface area contributed by atoms with Gasteiger partial charge < -0.3 is 9.55 Å². The monoisotopic (exact) mass is 787 g/mol. The van der Waals surface area contributed by atoms with Gasteiger partial charge >= 0.3 is 0 Å². The largest absolute Gasteiger partial charge is 0.333 e. The molecule has 0 fully saturated rings. The van der Waals surface area contributed by atoms with Crippen LogP contribution in [0.1, 0.15) is 65.9 Å². The third-order valence-corrected chi connectivity index (χ3v) is 8.63. The average molecular weight is 787 g/mol. The van der Waals surface area contributed by atoms with Crippen molar-refractivity contribution in [2.45, 2.75) is 53.3 Å². The fraction of sp³-hybridized carbons (Fsp3) is 0.200. The van der Waals surface area contributed by atoms with E-state index >= 15 is 0 Å². The van der Waals surface area contributed by atoms with Gasteiger partial charge in [-0.25, -0.2) is 0 Å². The second-order valence-electron chi connectivity index (χ2n) is 11.6. The van der Waals surface area contributed by atoms with E-state index < -0.39 is 6.85 Å². The first kappa shape index (κ1) is 28.6. The van der Waals surface area contributed by atoms with Crippen LogP contribution in [0.2, 0.25) is 0 Å². The molecule has 0 atom stereocenters. The number of fused-ring (bicyclic) bond motifs is 2. The molecule has 7 rings (SSSR count). The molecule has 0 saturated heterocycles. The van der Waals surface area contributed by atoms with Crippen LogP contribution >= 0.6 is 11.3 Å². The molecule has 4 aromatic carbocycles. The molecule has 3 nitrogen and oxygen atoms in total. The molecule has 0 aliphatic heterocycles. The summed E-state index contributed by atoms with van der Waals surface area (Å²) in [5.74, 6) is 1.80. The van der Waals surface area contributed by atoms with E-state index in [-0.39, 0.29) is 25.7 Å². The molecule has 229 valence electrons. The molecule has 0 spiro atoms.